The zero-order chi connectivity index (χ0) is 14.5. The molecule has 1 unspecified atom stereocenters. The van der Waals surface area contributed by atoms with Crippen LogP contribution in [0.1, 0.15) is 6.92 Å². The minimum Gasteiger partial charge on any atom is -0.457 e. The van der Waals surface area contributed by atoms with E-state index >= 15 is 0 Å². The van der Waals surface area contributed by atoms with E-state index in [-0.39, 0.29) is 0 Å². The fourth-order valence-corrected chi connectivity index (χ4v) is 2.68. The van der Waals surface area contributed by atoms with E-state index in [9.17, 15) is 0 Å². The van der Waals surface area contributed by atoms with Gasteiger partial charge in [0.1, 0.15) is 11.5 Å². The predicted molar refractivity (Wildman–Crippen MR) is 87.2 cm³/mol. The molecule has 1 fully saturated rings. The summed E-state index contributed by atoms with van der Waals surface area (Å²) in [6.45, 7) is 6.60. The highest BCUT2D eigenvalue weighted by atomic mass is 16.5. The summed E-state index contributed by atoms with van der Waals surface area (Å²) in [5, 5.41) is 3.47. The van der Waals surface area contributed by atoms with Crippen LogP contribution in [0.5, 0.6) is 11.5 Å². The summed E-state index contributed by atoms with van der Waals surface area (Å²) < 4.78 is 5.84. The van der Waals surface area contributed by atoms with Gasteiger partial charge < -0.3 is 15.0 Å². The maximum absolute atomic E-state index is 5.84. The summed E-state index contributed by atoms with van der Waals surface area (Å²) in [7, 11) is 0. The summed E-state index contributed by atoms with van der Waals surface area (Å²) >= 11 is 0. The molecule has 21 heavy (non-hydrogen) atoms. The molecular formula is C18H22N2O. The van der Waals surface area contributed by atoms with Crippen LogP contribution >= 0.6 is 0 Å². The van der Waals surface area contributed by atoms with Crippen LogP contribution in [0.4, 0.5) is 5.69 Å². The van der Waals surface area contributed by atoms with E-state index in [4.69, 9.17) is 4.74 Å². The van der Waals surface area contributed by atoms with E-state index in [1.807, 2.05) is 42.5 Å². The Morgan fingerprint density at radius 1 is 1.00 bits per heavy atom. The zero-order valence-corrected chi connectivity index (χ0v) is 12.5. The van der Waals surface area contributed by atoms with E-state index in [2.05, 4.69) is 29.3 Å². The Labute approximate surface area is 126 Å². The minimum atomic E-state index is 0.674. The molecule has 2 aromatic rings. The zero-order valence-electron chi connectivity index (χ0n) is 12.5. The SMILES string of the molecule is CC1CNCCN(c2ccc(Oc3ccccc3)cc2)C1. The third kappa shape index (κ3) is 3.76. The number of hydrogen-bond acceptors (Lipinski definition) is 3. The maximum atomic E-state index is 5.84. The van der Waals surface area contributed by atoms with E-state index in [1.165, 1.54) is 5.69 Å². The summed E-state index contributed by atoms with van der Waals surface area (Å²) in [5.41, 5.74) is 1.27. The van der Waals surface area contributed by atoms with Crippen molar-refractivity contribution in [3.8, 4) is 11.5 Å². The largest absolute Gasteiger partial charge is 0.457 e. The minimum absolute atomic E-state index is 0.674. The second-order valence-electron chi connectivity index (χ2n) is 5.66. The number of anilines is 1. The lowest BCUT2D eigenvalue weighted by Crippen LogP contribution is -2.29. The Balaban J connectivity index is 1.68. The van der Waals surface area contributed by atoms with Gasteiger partial charge in [0.05, 0.1) is 0 Å². The normalized spacial score (nSPS) is 19.1. The van der Waals surface area contributed by atoms with Crippen molar-refractivity contribution in [3.05, 3.63) is 54.6 Å². The Morgan fingerprint density at radius 2 is 1.71 bits per heavy atom. The number of nitrogens with one attached hydrogen (secondary N) is 1. The van der Waals surface area contributed by atoms with Crippen molar-refractivity contribution in [2.75, 3.05) is 31.1 Å². The van der Waals surface area contributed by atoms with Crippen LogP contribution in [-0.2, 0) is 0 Å². The molecule has 3 heteroatoms. The van der Waals surface area contributed by atoms with Crippen molar-refractivity contribution >= 4 is 5.69 Å². The van der Waals surface area contributed by atoms with Crippen molar-refractivity contribution < 1.29 is 4.74 Å². The first-order valence-electron chi connectivity index (χ1n) is 7.60. The van der Waals surface area contributed by atoms with Crippen LogP contribution in [0.3, 0.4) is 0 Å². The van der Waals surface area contributed by atoms with Gasteiger partial charge in [0.15, 0.2) is 0 Å². The van der Waals surface area contributed by atoms with Crippen molar-refractivity contribution in [1.29, 1.82) is 0 Å². The van der Waals surface area contributed by atoms with Gasteiger partial charge in [-0.15, -0.1) is 0 Å². The molecule has 0 spiro atoms. The molecule has 110 valence electrons. The van der Waals surface area contributed by atoms with Crippen molar-refractivity contribution in [3.63, 3.8) is 0 Å². The summed E-state index contributed by atoms with van der Waals surface area (Å²) in [6, 6.07) is 18.3. The molecule has 0 bridgehead atoms. The molecule has 0 aliphatic carbocycles. The number of ether oxygens (including phenoxy) is 1. The van der Waals surface area contributed by atoms with Crippen molar-refractivity contribution in [1.82, 2.24) is 5.32 Å². The first kappa shape index (κ1) is 14.0. The molecule has 1 atom stereocenters. The van der Waals surface area contributed by atoms with Gasteiger partial charge in [-0.05, 0) is 48.9 Å². The van der Waals surface area contributed by atoms with Gasteiger partial charge in [-0.25, -0.2) is 0 Å². The van der Waals surface area contributed by atoms with Gasteiger partial charge >= 0.3 is 0 Å². The molecule has 2 aromatic carbocycles. The standard InChI is InChI=1S/C18H22N2O/c1-15-13-19-11-12-20(14-15)16-7-9-18(10-8-16)21-17-5-3-2-4-6-17/h2-10,15,19H,11-14H2,1H3. The average Bonchev–Trinajstić information content (AvgIpc) is 2.74. The maximum Gasteiger partial charge on any atom is 0.127 e. The predicted octanol–water partition coefficient (Wildman–Crippen LogP) is 3.52. The number of nitrogens with zero attached hydrogens (tertiary/aromatic N) is 1. The summed E-state index contributed by atoms with van der Waals surface area (Å²) in [4.78, 5) is 2.44. The third-order valence-electron chi connectivity index (χ3n) is 3.76. The van der Waals surface area contributed by atoms with Gasteiger partial charge in [0, 0.05) is 25.3 Å². The molecule has 1 heterocycles. The van der Waals surface area contributed by atoms with E-state index in [0.29, 0.717) is 5.92 Å². The third-order valence-corrected chi connectivity index (χ3v) is 3.76. The average molecular weight is 282 g/mol. The van der Waals surface area contributed by atoms with Crippen LogP contribution in [0.15, 0.2) is 54.6 Å². The molecule has 1 N–H and O–H groups in total. The first-order chi connectivity index (χ1) is 10.3. The van der Waals surface area contributed by atoms with E-state index in [0.717, 1.165) is 37.7 Å². The van der Waals surface area contributed by atoms with Gasteiger partial charge in [-0.2, -0.15) is 0 Å². The van der Waals surface area contributed by atoms with Crippen LogP contribution in [0.25, 0.3) is 0 Å². The molecule has 0 radical (unpaired) electrons. The highest BCUT2D eigenvalue weighted by molar-refractivity contribution is 5.50. The van der Waals surface area contributed by atoms with E-state index in [1.54, 1.807) is 0 Å². The van der Waals surface area contributed by atoms with Gasteiger partial charge in [-0.1, -0.05) is 25.1 Å². The quantitative estimate of drug-likeness (QED) is 0.932. The highest BCUT2D eigenvalue weighted by Gasteiger charge is 2.14. The summed E-state index contributed by atoms with van der Waals surface area (Å²) in [5.74, 6) is 2.43. The molecule has 3 rings (SSSR count). The second-order valence-corrected chi connectivity index (χ2v) is 5.66. The monoisotopic (exact) mass is 282 g/mol. The highest BCUT2D eigenvalue weighted by Crippen LogP contribution is 2.25. The Kier molecular flexibility index (Phi) is 4.41. The number of hydrogen-bond donors (Lipinski definition) is 1. The Hall–Kier alpha value is -2.00. The van der Waals surface area contributed by atoms with Crippen molar-refractivity contribution in [2.45, 2.75) is 6.92 Å². The Bertz CT molecular complexity index is 553. The molecular weight excluding hydrogens is 260 g/mol. The molecule has 1 aliphatic rings. The topological polar surface area (TPSA) is 24.5 Å². The molecule has 0 aromatic heterocycles. The first-order valence-corrected chi connectivity index (χ1v) is 7.60. The molecule has 0 saturated carbocycles. The number of benzene rings is 2. The molecule has 0 amide bonds. The van der Waals surface area contributed by atoms with Crippen LogP contribution in [0.2, 0.25) is 0 Å². The lowest BCUT2D eigenvalue weighted by atomic mass is 10.1. The van der Waals surface area contributed by atoms with Gasteiger partial charge in [0.2, 0.25) is 0 Å². The lowest BCUT2D eigenvalue weighted by molar-refractivity contribution is 0.482. The molecule has 3 nitrogen and oxygen atoms in total. The smallest absolute Gasteiger partial charge is 0.127 e. The summed E-state index contributed by atoms with van der Waals surface area (Å²) in [6.07, 6.45) is 0. The van der Waals surface area contributed by atoms with Gasteiger partial charge in [0.25, 0.3) is 0 Å². The van der Waals surface area contributed by atoms with Crippen LogP contribution in [0, 0.1) is 5.92 Å². The Morgan fingerprint density at radius 3 is 2.48 bits per heavy atom. The van der Waals surface area contributed by atoms with Gasteiger partial charge in [-0.3, -0.25) is 0 Å². The number of para-hydroxylation sites is 1. The van der Waals surface area contributed by atoms with E-state index < -0.39 is 0 Å². The van der Waals surface area contributed by atoms with Crippen LogP contribution in [-0.4, -0.2) is 26.2 Å². The number of rotatable bonds is 3. The fourth-order valence-electron chi connectivity index (χ4n) is 2.68. The fraction of sp³-hybridized carbons (Fsp3) is 0.333. The molecule has 1 saturated heterocycles. The second kappa shape index (κ2) is 6.64. The van der Waals surface area contributed by atoms with Crippen LogP contribution < -0.4 is 15.0 Å². The van der Waals surface area contributed by atoms with Crippen molar-refractivity contribution in [2.24, 2.45) is 5.92 Å². The molecule has 1 aliphatic heterocycles. The lowest BCUT2D eigenvalue weighted by Gasteiger charge is -2.24.